The zero-order chi connectivity index (χ0) is 19.9. The largest absolute Gasteiger partial charge is 0.392 e. The normalized spacial score (nSPS) is 11.1. The molecule has 8 heteroatoms. The lowest BCUT2D eigenvalue weighted by Crippen LogP contribution is -2.38. The SMILES string of the molecule is CN=C(NCc1ccc(F)c(CO)c1)N(C)Cc1cnn(-c2ccccc2)c1.I. The van der Waals surface area contributed by atoms with Crippen molar-refractivity contribution in [2.24, 2.45) is 4.99 Å². The van der Waals surface area contributed by atoms with Crippen molar-refractivity contribution in [1.29, 1.82) is 0 Å². The predicted octanol–water partition coefficient (Wildman–Crippen LogP) is 3.33. The molecule has 0 aliphatic heterocycles. The zero-order valence-electron chi connectivity index (χ0n) is 16.4. The van der Waals surface area contributed by atoms with E-state index < -0.39 is 5.82 Å². The minimum absolute atomic E-state index is 0. The van der Waals surface area contributed by atoms with Gasteiger partial charge in [-0.3, -0.25) is 4.99 Å². The molecule has 1 heterocycles. The first-order chi connectivity index (χ1) is 13.6. The highest BCUT2D eigenvalue weighted by Gasteiger charge is 2.10. The maximum absolute atomic E-state index is 13.5. The summed E-state index contributed by atoms with van der Waals surface area (Å²) in [5.74, 6) is 0.311. The summed E-state index contributed by atoms with van der Waals surface area (Å²) in [5, 5.41) is 16.9. The number of nitrogens with zero attached hydrogens (tertiary/aromatic N) is 4. The van der Waals surface area contributed by atoms with Gasteiger partial charge in [-0.2, -0.15) is 5.10 Å². The Morgan fingerprint density at radius 2 is 1.97 bits per heavy atom. The van der Waals surface area contributed by atoms with Gasteiger partial charge in [-0.25, -0.2) is 9.07 Å². The number of benzene rings is 2. The Labute approximate surface area is 187 Å². The van der Waals surface area contributed by atoms with Crippen molar-refractivity contribution in [3.05, 3.63) is 83.4 Å². The van der Waals surface area contributed by atoms with Crippen LogP contribution in [0.25, 0.3) is 5.69 Å². The van der Waals surface area contributed by atoms with Crippen LogP contribution in [0, 0.1) is 5.82 Å². The summed E-state index contributed by atoms with van der Waals surface area (Å²) in [6.07, 6.45) is 3.83. The number of halogens is 2. The van der Waals surface area contributed by atoms with Crippen molar-refractivity contribution in [3.63, 3.8) is 0 Å². The number of guanidine groups is 1. The predicted molar refractivity (Wildman–Crippen MR) is 123 cm³/mol. The number of aliphatic hydroxyl groups is 1. The molecular weight excluding hydrogens is 484 g/mol. The third-order valence-electron chi connectivity index (χ3n) is 4.38. The van der Waals surface area contributed by atoms with Crippen molar-refractivity contribution in [2.45, 2.75) is 19.7 Å². The van der Waals surface area contributed by atoms with E-state index in [2.05, 4.69) is 15.4 Å². The maximum Gasteiger partial charge on any atom is 0.193 e. The van der Waals surface area contributed by atoms with E-state index in [1.54, 1.807) is 19.2 Å². The highest BCUT2D eigenvalue weighted by molar-refractivity contribution is 14.0. The fourth-order valence-corrected chi connectivity index (χ4v) is 2.94. The minimum atomic E-state index is -0.400. The van der Waals surface area contributed by atoms with Crippen LogP contribution >= 0.6 is 24.0 Å². The Morgan fingerprint density at radius 3 is 2.66 bits per heavy atom. The molecular formula is C21H25FIN5O. The lowest BCUT2D eigenvalue weighted by atomic mass is 10.1. The Morgan fingerprint density at radius 1 is 1.21 bits per heavy atom. The van der Waals surface area contributed by atoms with Crippen molar-refractivity contribution < 1.29 is 9.50 Å². The van der Waals surface area contributed by atoms with Crippen molar-refractivity contribution in [3.8, 4) is 5.69 Å². The second-order valence-corrected chi connectivity index (χ2v) is 6.47. The topological polar surface area (TPSA) is 65.7 Å². The molecule has 0 saturated heterocycles. The number of aliphatic hydroxyl groups excluding tert-OH is 1. The van der Waals surface area contributed by atoms with Crippen LogP contribution in [0.5, 0.6) is 0 Å². The van der Waals surface area contributed by atoms with E-state index in [4.69, 9.17) is 0 Å². The molecule has 3 rings (SSSR count). The lowest BCUT2D eigenvalue weighted by molar-refractivity contribution is 0.275. The Kier molecular flexibility index (Phi) is 8.59. The van der Waals surface area contributed by atoms with Crippen LogP contribution in [-0.4, -0.2) is 39.8 Å². The van der Waals surface area contributed by atoms with E-state index in [1.807, 2.05) is 59.4 Å². The molecule has 3 aromatic rings. The third kappa shape index (κ3) is 6.01. The molecule has 29 heavy (non-hydrogen) atoms. The lowest BCUT2D eigenvalue weighted by Gasteiger charge is -2.21. The summed E-state index contributed by atoms with van der Waals surface area (Å²) >= 11 is 0. The van der Waals surface area contributed by atoms with Gasteiger partial charge in [-0.05, 0) is 29.8 Å². The molecule has 2 aromatic carbocycles. The van der Waals surface area contributed by atoms with Crippen LogP contribution in [0.15, 0.2) is 65.9 Å². The number of hydrogen-bond donors (Lipinski definition) is 2. The monoisotopic (exact) mass is 509 g/mol. The average molecular weight is 509 g/mol. The first kappa shape index (κ1) is 22.8. The number of nitrogens with one attached hydrogen (secondary N) is 1. The van der Waals surface area contributed by atoms with Crippen LogP contribution < -0.4 is 5.32 Å². The van der Waals surface area contributed by atoms with E-state index in [-0.39, 0.29) is 36.1 Å². The van der Waals surface area contributed by atoms with Gasteiger partial charge in [0.05, 0.1) is 18.5 Å². The van der Waals surface area contributed by atoms with Gasteiger partial charge in [0, 0.05) is 44.5 Å². The summed E-state index contributed by atoms with van der Waals surface area (Å²) in [4.78, 5) is 6.29. The molecule has 2 N–H and O–H groups in total. The van der Waals surface area contributed by atoms with E-state index in [1.165, 1.54) is 6.07 Å². The quantitative estimate of drug-likeness (QED) is 0.304. The van der Waals surface area contributed by atoms with Gasteiger partial charge < -0.3 is 15.3 Å². The van der Waals surface area contributed by atoms with Crippen LogP contribution in [-0.2, 0) is 19.7 Å². The molecule has 1 aromatic heterocycles. The molecule has 0 spiro atoms. The van der Waals surface area contributed by atoms with Gasteiger partial charge in [0.25, 0.3) is 0 Å². The number of aromatic nitrogens is 2. The molecule has 0 radical (unpaired) electrons. The van der Waals surface area contributed by atoms with Crippen molar-refractivity contribution >= 4 is 29.9 Å². The van der Waals surface area contributed by atoms with Crippen LogP contribution in [0.4, 0.5) is 4.39 Å². The fraction of sp³-hybridized carbons (Fsp3) is 0.238. The fourth-order valence-electron chi connectivity index (χ4n) is 2.94. The molecule has 0 bridgehead atoms. The summed E-state index contributed by atoms with van der Waals surface area (Å²) in [6, 6.07) is 14.7. The Balaban J connectivity index is 0.00000300. The number of para-hydroxylation sites is 1. The standard InChI is InChI=1S/C21H24FN5O.HI/c1-23-21(24-11-16-8-9-20(22)18(10-16)15-28)26(2)13-17-12-25-27(14-17)19-6-4-3-5-7-19;/h3-10,12,14,28H,11,13,15H2,1-2H3,(H,23,24);1H. The Hall–Kier alpha value is -2.46. The van der Waals surface area contributed by atoms with E-state index in [9.17, 15) is 9.50 Å². The number of hydrogen-bond acceptors (Lipinski definition) is 3. The molecule has 0 amide bonds. The van der Waals surface area contributed by atoms with E-state index in [0.717, 1.165) is 16.8 Å². The highest BCUT2D eigenvalue weighted by Crippen LogP contribution is 2.12. The average Bonchev–Trinajstić information content (AvgIpc) is 3.18. The molecule has 0 saturated carbocycles. The molecule has 6 nitrogen and oxygen atoms in total. The summed E-state index contributed by atoms with van der Waals surface area (Å²) < 4.78 is 15.4. The first-order valence-corrected chi connectivity index (χ1v) is 8.99. The van der Waals surface area contributed by atoms with Crippen molar-refractivity contribution in [1.82, 2.24) is 20.0 Å². The van der Waals surface area contributed by atoms with Crippen LogP contribution in [0.1, 0.15) is 16.7 Å². The van der Waals surface area contributed by atoms with E-state index >= 15 is 0 Å². The van der Waals surface area contributed by atoms with Crippen molar-refractivity contribution in [2.75, 3.05) is 14.1 Å². The zero-order valence-corrected chi connectivity index (χ0v) is 18.7. The smallest absolute Gasteiger partial charge is 0.193 e. The van der Waals surface area contributed by atoms with Crippen LogP contribution in [0.3, 0.4) is 0 Å². The molecule has 154 valence electrons. The minimum Gasteiger partial charge on any atom is -0.392 e. The van der Waals surface area contributed by atoms with Gasteiger partial charge in [-0.1, -0.05) is 24.3 Å². The molecule has 0 fully saturated rings. The summed E-state index contributed by atoms with van der Waals surface area (Å²) in [7, 11) is 3.66. The van der Waals surface area contributed by atoms with Gasteiger partial charge in [0.15, 0.2) is 5.96 Å². The molecule has 0 aliphatic carbocycles. The van der Waals surface area contributed by atoms with Gasteiger partial charge >= 0.3 is 0 Å². The highest BCUT2D eigenvalue weighted by atomic mass is 127. The molecule has 0 atom stereocenters. The Bertz CT molecular complexity index is 945. The summed E-state index contributed by atoms with van der Waals surface area (Å²) in [5.41, 5.74) is 3.22. The first-order valence-electron chi connectivity index (χ1n) is 8.99. The van der Waals surface area contributed by atoms with Gasteiger partial charge in [-0.15, -0.1) is 24.0 Å². The van der Waals surface area contributed by atoms with E-state index in [0.29, 0.717) is 19.0 Å². The van der Waals surface area contributed by atoms with Gasteiger partial charge in [0.1, 0.15) is 5.82 Å². The van der Waals surface area contributed by atoms with Gasteiger partial charge in [0.2, 0.25) is 0 Å². The maximum atomic E-state index is 13.5. The third-order valence-corrected chi connectivity index (χ3v) is 4.38. The number of rotatable bonds is 6. The van der Waals surface area contributed by atoms with Crippen LogP contribution in [0.2, 0.25) is 0 Å². The molecule has 0 unspecified atom stereocenters. The second kappa shape index (κ2) is 10.9. The molecule has 0 aliphatic rings. The summed E-state index contributed by atoms with van der Waals surface area (Å²) in [6.45, 7) is 0.797. The second-order valence-electron chi connectivity index (χ2n) is 6.47. The number of aliphatic imine (C=N–C) groups is 1.